The van der Waals surface area contributed by atoms with E-state index in [2.05, 4.69) is 15.3 Å². The molecule has 0 unspecified atom stereocenters. The predicted octanol–water partition coefficient (Wildman–Crippen LogP) is 5.20. The lowest BCUT2D eigenvalue weighted by atomic mass is 10.1. The number of methoxy groups -OCH3 is 1. The number of benzene rings is 2. The van der Waals surface area contributed by atoms with Gasteiger partial charge in [-0.2, -0.15) is 13.2 Å². The topological polar surface area (TPSA) is 107 Å². The number of nitrogens with zero attached hydrogens (tertiary/aromatic N) is 3. The maximum absolute atomic E-state index is 13.4. The molecule has 33 heavy (non-hydrogen) atoms. The molecule has 0 saturated carbocycles. The van der Waals surface area contributed by atoms with E-state index in [0.717, 1.165) is 23.9 Å². The van der Waals surface area contributed by atoms with Gasteiger partial charge in [0.05, 0.1) is 34.7 Å². The zero-order chi connectivity index (χ0) is 24.2. The van der Waals surface area contributed by atoms with Gasteiger partial charge in [0.25, 0.3) is 5.69 Å². The van der Waals surface area contributed by atoms with E-state index >= 15 is 0 Å². The van der Waals surface area contributed by atoms with Crippen LogP contribution in [0.15, 0.2) is 59.8 Å². The van der Waals surface area contributed by atoms with Crippen LogP contribution in [0.1, 0.15) is 12.6 Å². The molecule has 8 nitrogen and oxygen atoms in total. The summed E-state index contributed by atoms with van der Waals surface area (Å²) in [5.74, 6) is -0.446. The maximum Gasteiger partial charge on any atom is 0.433 e. The Morgan fingerprint density at radius 3 is 2.45 bits per heavy atom. The van der Waals surface area contributed by atoms with Crippen LogP contribution in [0.5, 0.6) is 5.75 Å². The molecular weight excluding hydrogens is 461 g/mol. The van der Waals surface area contributed by atoms with E-state index in [-0.39, 0.29) is 28.0 Å². The fourth-order valence-corrected chi connectivity index (χ4v) is 3.50. The van der Waals surface area contributed by atoms with Crippen LogP contribution in [0, 0.1) is 10.1 Å². The summed E-state index contributed by atoms with van der Waals surface area (Å²) in [4.78, 5) is 30.8. The van der Waals surface area contributed by atoms with Crippen molar-refractivity contribution in [1.29, 1.82) is 0 Å². The fraction of sp³-hybridized carbons (Fsp3) is 0.190. The zero-order valence-corrected chi connectivity index (χ0v) is 18.1. The SMILES string of the molecule is COc1cc(NC(=O)[C@H](C)Sc2nc(-c3ccccc3)cc(C(F)(F)F)n2)cc([N+](=O)[O-])c1. The van der Waals surface area contributed by atoms with Gasteiger partial charge in [-0.15, -0.1) is 0 Å². The lowest BCUT2D eigenvalue weighted by Crippen LogP contribution is -2.23. The van der Waals surface area contributed by atoms with Crippen LogP contribution >= 0.6 is 11.8 Å². The Morgan fingerprint density at radius 1 is 1.15 bits per heavy atom. The first-order valence-corrected chi connectivity index (χ1v) is 10.3. The number of thioether (sulfide) groups is 1. The number of non-ortho nitro benzene ring substituents is 1. The Hall–Kier alpha value is -3.67. The van der Waals surface area contributed by atoms with Crippen molar-refractivity contribution >= 4 is 29.0 Å². The Bertz CT molecular complexity index is 1180. The molecule has 0 aliphatic rings. The lowest BCUT2D eigenvalue weighted by molar-refractivity contribution is -0.384. The number of carbonyl (C=O) groups is 1. The van der Waals surface area contributed by atoms with E-state index in [1.807, 2.05) is 0 Å². The Morgan fingerprint density at radius 2 is 1.85 bits per heavy atom. The predicted molar refractivity (Wildman–Crippen MR) is 116 cm³/mol. The van der Waals surface area contributed by atoms with Crippen molar-refractivity contribution in [3.05, 3.63) is 70.4 Å². The highest BCUT2D eigenvalue weighted by Gasteiger charge is 2.34. The molecular formula is C21H17F3N4O4S. The number of halogens is 3. The highest BCUT2D eigenvalue weighted by Crippen LogP contribution is 2.33. The fourth-order valence-electron chi connectivity index (χ4n) is 2.71. The zero-order valence-electron chi connectivity index (χ0n) is 17.3. The first-order chi connectivity index (χ1) is 15.6. The summed E-state index contributed by atoms with van der Waals surface area (Å²) in [5.41, 5.74) is -0.786. The van der Waals surface area contributed by atoms with Crippen LogP contribution < -0.4 is 10.1 Å². The number of rotatable bonds is 7. The minimum Gasteiger partial charge on any atom is -0.496 e. The number of amides is 1. The number of ether oxygens (including phenoxy) is 1. The molecule has 1 N–H and O–H groups in total. The summed E-state index contributed by atoms with van der Waals surface area (Å²) in [6, 6.07) is 12.9. The van der Waals surface area contributed by atoms with Crippen LogP contribution in [0.25, 0.3) is 11.3 Å². The monoisotopic (exact) mass is 478 g/mol. The van der Waals surface area contributed by atoms with Crippen LogP contribution in [-0.4, -0.2) is 33.2 Å². The molecule has 3 aromatic rings. The number of aromatic nitrogens is 2. The molecule has 0 aliphatic heterocycles. The van der Waals surface area contributed by atoms with E-state index in [0.29, 0.717) is 5.56 Å². The van der Waals surface area contributed by atoms with Gasteiger partial charge >= 0.3 is 6.18 Å². The molecule has 0 saturated heterocycles. The van der Waals surface area contributed by atoms with E-state index in [4.69, 9.17) is 4.74 Å². The summed E-state index contributed by atoms with van der Waals surface area (Å²) in [6.45, 7) is 1.46. The highest BCUT2D eigenvalue weighted by atomic mass is 32.2. The van der Waals surface area contributed by atoms with Crippen molar-refractivity contribution in [1.82, 2.24) is 9.97 Å². The average molecular weight is 478 g/mol. The van der Waals surface area contributed by atoms with Gasteiger partial charge in [-0.1, -0.05) is 42.1 Å². The highest BCUT2D eigenvalue weighted by molar-refractivity contribution is 8.00. The molecule has 3 rings (SSSR count). The Labute approximate surface area is 190 Å². The van der Waals surface area contributed by atoms with Gasteiger partial charge in [0.1, 0.15) is 11.4 Å². The summed E-state index contributed by atoms with van der Waals surface area (Å²) in [5, 5.41) is 12.4. The molecule has 0 radical (unpaired) electrons. The molecule has 1 amide bonds. The normalized spacial score (nSPS) is 12.2. The first-order valence-electron chi connectivity index (χ1n) is 9.39. The van der Waals surface area contributed by atoms with Crippen molar-refractivity contribution in [3.8, 4) is 17.0 Å². The van der Waals surface area contributed by atoms with Crippen molar-refractivity contribution in [2.75, 3.05) is 12.4 Å². The van der Waals surface area contributed by atoms with Crippen molar-refractivity contribution in [3.63, 3.8) is 0 Å². The van der Waals surface area contributed by atoms with Gasteiger partial charge in [-0.05, 0) is 13.0 Å². The third kappa shape index (κ3) is 6.19. The minimum absolute atomic E-state index is 0.0662. The number of hydrogen-bond donors (Lipinski definition) is 1. The van der Waals surface area contributed by atoms with E-state index in [1.165, 1.54) is 26.2 Å². The largest absolute Gasteiger partial charge is 0.496 e. The Kier molecular flexibility index (Phi) is 7.16. The quantitative estimate of drug-likeness (QED) is 0.215. The number of hydrogen-bond acceptors (Lipinski definition) is 7. The van der Waals surface area contributed by atoms with E-state index in [9.17, 15) is 28.1 Å². The Balaban J connectivity index is 1.85. The molecule has 0 bridgehead atoms. The second-order valence-corrected chi connectivity index (χ2v) is 8.02. The molecule has 0 fully saturated rings. The summed E-state index contributed by atoms with van der Waals surface area (Å²) in [7, 11) is 1.32. The van der Waals surface area contributed by atoms with Crippen LogP contribution in [0.2, 0.25) is 0 Å². The molecule has 0 spiro atoms. The number of nitro groups is 1. The molecule has 0 aliphatic carbocycles. The molecule has 2 aromatic carbocycles. The van der Waals surface area contributed by atoms with Crippen LogP contribution in [0.3, 0.4) is 0 Å². The first kappa shape index (κ1) is 24.0. The number of anilines is 1. The molecule has 172 valence electrons. The average Bonchev–Trinajstić information content (AvgIpc) is 2.78. The molecule has 1 atom stereocenters. The van der Waals surface area contributed by atoms with Crippen LogP contribution in [-0.2, 0) is 11.0 Å². The van der Waals surface area contributed by atoms with Crippen molar-refractivity contribution < 1.29 is 27.6 Å². The summed E-state index contributed by atoms with van der Waals surface area (Å²) >= 11 is 0.731. The van der Waals surface area contributed by atoms with Gasteiger partial charge in [-0.25, -0.2) is 9.97 Å². The number of nitro benzene ring substituents is 1. The van der Waals surface area contributed by atoms with Gasteiger partial charge in [-0.3, -0.25) is 14.9 Å². The lowest BCUT2D eigenvalue weighted by Gasteiger charge is -2.14. The van der Waals surface area contributed by atoms with Crippen molar-refractivity contribution in [2.24, 2.45) is 0 Å². The van der Waals surface area contributed by atoms with Crippen molar-refractivity contribution in [2.45, 2.75) is 23.5 Å². The smallest absolute Gasteiger partial charge is 0.433 e. The van der Waals surface area contributed by atoms with Gasteiger partial charge in [0.2, 0.25) is 5.91 Å². The third-order valence-electron chi connectivity index (χ3n) is 4.32. The second kappa shape index (κ2) is 9.86. The summed E-state index contributed by atoms with van der Waals surface area (Å²) in [6.07, 6.45) is -4.70. The summed E-state index contributed by atoms with van der Waals surface area (Å²) < 4.78 is 45.1. The number of carbonyl (C=O) groups excluding carboxylic acids is 1. The van der Waals surface area contributed by atoms with E-state index in [1.54, 1.807) is 30.3 Å². The van der Waals surface area contributed by atoms with Gasteiger partial charge in [0.15, 0.2) is 5.16 Å². The van der Waals surface area contributed by atoms with Gasteiger partial charge in [0, 0.05) is 17.7 Å². The maximum atomic E-state index is 13.4. The number of alkyl halides is 3. The number of nitrogens with one attached hydrogen (secondary N) is 1. The second-order valence-electron chi connectivity index (χ2n) is 6.71. The van der Waals surface area contributed by atoms with E-state index < -0.39 is 28.0 Å². The molecule has 1 aromatic heterocycles. The minimum atomic E-state index is -4.70. The van der Waals surface area contributed by atoms with Gasteiger partial charge < -0.3 is 10.1 Å². The van der Waals surface area contributed by atoms with Crippen LogP contribution in [0.4, 0.5) is 24.5 Å². The molecule has 12 heteroatoms. The molecule has 1 heterocycles. The standard InChI is InChI=1S/C21H17F3N4O4S/c1-12(19(29)25-14-8-15(28(30)31)10-16(9-14)32-2)33-20-26-17(13-6-4-3-5-7-13)11-18(27-20)21(22,23)24/h3-12H,1-2H3,(H,25,29)/t12-/m0/s1. The third-order valence-corrected chi connectivity index (χ3v) is 5.28.